The number of fused-ring (bicyclic) bond motifs is 1. The number of hydrogen-bond donors (Lipinski definition) is 0. The molecular formula is C24H30N2O2. The number of carbonyl (C=O) groups is 1. The van der Waals surface area contributed by atoms with Crippen LogP contribution in [0, 0.1) is 0 Å². The van der Waals surface area contributed by atoms with E-state index in [1.165, 1.54) is 37.9 Å². The van der Waals surface area contributed by atoms with Gasteiger partial charge in [0.15, 0.2) is 0 Å². The van der Waals surface area contributed by atoms with Gasteiger partial charge in [0.1, 0.15) is 5.75 Å². The predicted octanol–water partition coefficient (Wildman–Crippen LogP) is 4.53. The Morgan fingerprint density at radius 2 is 1.68 bits per heavy atom. The van der Waals surface area contributed by atoms with Gasteiger partial charge in [-0.05, 0) is 81.1 Å². The summed E-state index contributed by atoms with van der Waals surface area (Å²) in [6.45, 7) is 5.09. The summed E-state index contributed by atoms with van der Waals surface area (Å²) in [6, 6.07) is 15.8. The van der Waals surface area contributed by atoms with E-state index in [2.05, 4.69) is 11.0 Å². The van der Waals surface area contributed by atoms with Crippen molar-refractivity contribution < 1.29 is 9.53 Å². The highest BCUT2D eigenvalue weighted by Crippen LogP contribution is 2.28. The fourth-order valence-corrected chi connectivity index (χ4v) is 4.26. The molecule has 0 atom stereocenters. The second-order valence-electron chi connectivity index (χ2n) is 7.82. The van der Waals surface area contributed by atoms with Gasteiger partial charge in [0, 0.05) is 24.3 Å². The van der Waals surface area contributed by atoms with Gasteiger partial charge in [0.2, 0.25) is 0 Å². The van der Waals surface area contributed by atoms with E-state index in [1.54, 1.807) is 0 Å². The lowest BCUT2D eigenvalue weighted by Gasteiger charge is -2.29. The molecule has 2 aromatic rings. The molecule has 0 aliphatic carbocycles. The number of likely N-dealkylation sites (tertiary alicyclic amines) is 1. The molecule has 2 heterocycles. The molecule has 1 amide bonds. The zero-order valence-electron chi connectivity index (χ0n) is 16.6. The Kier molecular flexibility index (Phi) is 6.27. The second-order valence-corrected chi connectivity index (χ2v) is 7.82. The van der Waals surface area contributed by atoms with E-state index in [9.17, 15) is 4.79 Å². The molecule has 148 valence electrons. The summed E-state index contributed by atoms with van der Waals surface area (Å²) in [5.74, 6) is 0.915. The maximum Gasteiger partial charge on any atom is 0.258 e. The molecule has 4 heteroatoms. The van der Waals surface area contributed by atoms with Crippen LogP contribution >= 0.6 is 0 Å². The lowest BCUT2D eigenvalue weighted by atomic mass is 10.0. The Bertz CT molecular complexity index is 781. The summed E-state index contributed by atoms with van der Waals surface area (Å²) in [5, 5.41) is 0. The molecule has 4 nitrogen and oxygen atoms in total. The average molecular weight is 379 g/mol. The van der Waals surface area contributed by atoms with Crippen LogP contribution in [0.1, 0.15) is 48.0 Å². The highest BCUT2D eigenvalue weighted by molar-refractivity contribution is 6.06. The zero-order chi connectivity index (χ0) is 19.2. The average Bonchev–Trinajstić information content (AvgIpc) is 2.77. The van der Waals surface area contributed by atoms with Gasteiger partial charge < -0.3 is 14.5 Å². The van der Waals surface area contributed by atoms with E-state index in [1.807, 2.05) is 47.4 Å². The van der Waals surface area contributed by atoms with Crippen LogP contribution in [-0.2, 0) is 6.42 Å². The first-order valence-corrected chi connectivity index (χ1v) is 10.7. The summed E-state index contributed by atoms with van der Waals surface area (Å²) in [5.41, 5.74) is 3.03. The van der Waals surface area contributed by atoms with Crippen molar-refractivity contribution in [2.75, 3.05) is 37.7 Å². The molecule has 2 aliphatic rings. The molecule has 2 aliphatic heterocycles. The fraction of sp³-hybridized carbons (Fsp3) is 0.458. The standard InChI is InChI=1S/C24H30N2O2/c27-24(26-18-6-9-20-8-2-3-10-23(20)26)21-11-13-22(14-12-21)28-19-7-17-25-15-4-1-5-16-25/h2-3,8,10-14H,1,4-7,9,15-19H2. The minimum absolute atomic E-state index is 0.0730. The molecule has 0 bridgehead atoms. The van der Waals surface area contributed by atoms with Crippen LogP contribution in [0.2, 0.25) is 0 Å². The van der Waals surface area contributed by atoms with Crippen molar-refractivity contribution in [2.45, 2.75) is 38.5 Å². The summed E-state index contributed by atoms with van der Waals surface area (Å²) >= 11 is 0. The molecule has 1 saturated heterocycles. The van der Waals surface area contributed by atoms with Crippen LogP contribution in [0.5, 0.6) is 5.75 Å². The first-order valence-electron chi connectivity index (χ1n) is 10.7. The van der Waals surface area contributed by atoms with Crippen LogP contribution in [-0.4, -0.2) is 43.6 Å². The summed E-state index contributed by atoms with van der Waals surface area (Å²) in [7, 11) is 0. The second kappa shape index (κ2) is 9.24. The Labute approximate surface area is 168 Å². The van der Waals surface area contributed by atoms with Gasteiger partial charge in [-0.1, -0.05) is 24.6 Å². The van der Waals surface area contributed by atoms with Crippen LogP contribution in [0.15, 0.2) is 48.5 Å². The minimum atomic E-state index is 0.0730. The molecule has 1 fully saturated rings. The van der Waals surface area contributed by atoms with Crippen molar-refractivity contribution >= 4 is 11.6 Å². The van der Waals surface area contributed by atoms with E-state index in [4.69, 9.17) is 4.74 Å². The smallest absolute Gasteiger partial charge is 0.258 e. The van der Waals surface area contributed by atoms with Gasteiger partial charge in [0.25, 0.3) is 5.91 Å². The Balaban J connectivity index is 1.30. The fourth-order valence-electron chi connectivity index (χ4n) is 4.26. The van der Waals surface area contributed by atoms with Crippen molar-refractivity contribution in [3.63, 3.8) is 0 Å². The van der Waals surface area contributed by atoms with Crippen LogP contribution in [0.4, 0.5) is 5.69 Å². The number of benzene rings is 2. The van der Waals surface area contributed by atoms with Gasteiger partial charge in [-0.25, -0.2) is 0 Å². The lowest BCUT2D eigenvalue weighted by Crippen LogP contribution is -2.35. The number of rotatable bonds is 6. The number of carbonyl (C=O) groups excluding carboxylic acids is 1. The van der Waals surface area contributed by atoms with Gasteiger partial charge in [-0.3, -0.25) is 4.79 Å². The van der Waals surface area contributed by atoms with Crippen molar-refractivity contribution in [1.82, 2.24) is 4.90 Å². The monoisotopic (exact) mass is 378 g/mol. The maximum atomic E-state index is 13.0. The van der Waals surface area contributed by atoms with Crippen LogP contribution < -0.4 is 9.64 Å². The molecule has 2 aromatic carbocycles. The highest BCUT2D eigenvalue weighted by Gasteiger charge is 2.23. The van der Waals surface area contributed by atoms with E-state index >= 15 is 0 Å². The summed E-state index contributed by atoms with van der Waals surface area (Å²) in [4.78, 5) is 17.4. The Hall–Kier alpha value is -2.33. The summed E-state index contributed by atoms with van der Waals surface area (Å²) < 4.78 is 5.88. The highest BCUT2D eigenvalue weighted by atomic mass is 16.5. The third-order valence-corrected chi connectivity index (χ3v) is 5.79. The number of anilines is 1. The normalized spacial score (nSPS) is 17.2. The number of piperidine rings is 1. The van der Waals surface area contributed by atoms with Crippen molar-refractivity contribution in [3.8, 4) is 5.75 Å². The molecule has 0 unspecified atom stereocenters. The number of nitrogens with zero attached hydrogens (tertiary/aromatic N) is 2. The minimum Gasteiger partial charge on any atom is -0.494 e. The molecule has 0 radical (unpaired) electrons. The van der Waals surface area contributed by atoms with Crippen LogP contribution in [0.3, 0.4) is 0 Å². The van der Waals surface area contributed by atoms with Crippen LogP contribution in [0.25, 0.3) is 0 Å². The van der Waals surface area contributed by atoms with Crippen molar-refractivity contribution in [3.05, 3.63) is 59.7 Å². The van der Waals surface area contributed by atoms with Gasteiger partial charge >= 0.3 is 0 Å². The van der Waals surface area contributed by atoms with E-state index < -0.39 is 0 Å². The van der Waals surface area contributed by atoms with Crippen molar-refractivity contribution in [1.29, 1.82) is 0 Å². The van der Waals surface area contributed by atoms with E-state index in [-0.39, 0.29) is 5.91 Å². The lowest BCUT2D eigenvalue weighted by molar-refractivity contribution is 0.0985. The topological polar surface area (TPSA) is 32.8 Å². The Morgan fingerprint density at radius 1 is 0.893 bits per heavy atom. The molecule has 0 spiro atoms. The first kappa shape index (κ1) is 19.0. The van der Waals surface area contributed by atoms with E-state index in [0.717, 1.165) is 56.0 Å². The molecule has 0 N–H and O–H groups in total. The maximum absolute atomic E-state index is 13.0. The largest absolute Gasteiger partial charge is 0.494 e. The van der Waals surface area contributed by atoms with E-state index in [0.29, 0.717) is 0 Å². The number of aryl methyl sites for hydroxylation is 1. The third-order valence-electron chi connectivity index (χ3n) is 5.79. The Morgan fingerprint density at radius 3 is 2.50 bits per heavy atom. The molecule has 0 saturated carbocycles. The summed E-state index contributed by atoms with van der Waals surface area (Å²) in [6.07, 6.45) is 7.15. The van der Waals surface area contributed by atoms with Gasteiger partial charge in [-0.15, -0.1) is 0 Å². The zero-order valence-corrected chi connectivity index (χ0v) is 16.6. The molecule has 4 rings (SSSR count). The SMILES string of the molecule is O=C(c1ccc(OCCCN2CCCCC2)cc1)N1CCCc2ccccc21. The third kappa shape index (κ3) is 4.56. The number of ether oxygens (including phenoxy) is 1. The van der Waals surface area contributed by atoms with Gasteiger partial charge in [-0.2, -0.15) is 0 Å². The molecule has 28 heavy (non-hydrogen) atoms. The quantitative estimate of drug-likeness (QED) is 0.692. The van der Waals surface area contributed by atoms with Crippen molar-refractivity contribution in [2.24, 2.45) is 0 Å². The molecular weight excluding hydrogens is 348 g/mol. The molecule has 0 aromatic heterocycles. The van der Waals surface area contributed by atoms with Gasteiger partial charge in [0.05, 0.1) is 6.61 Å². The number of para-hydroxylation sites is 1. The predicted molar refractivity (Wildman–Crippen MR) is 113 cm³/mol. The number of amides is 1. The first-order chi connectivity index (χ1) is 13.8. The number of hydrogen-bond acceptors (Lipinski definition) is 3.